The molecule has 0 saturated carbocycles. The highest BCUT2D eigenvalue weighted by Crippen LogP contribution is 2.19. The monoisotopic (exact) mass is 239 g/mol. The van der Waals surface area contributed by atoms with E-state index in [1.165, 1.54) is 39.0 Å². The second-order valence-electron chi connectivity index (χ2n) is 6.26. The predicted octanol–water partition coefficient (Wildman–Crippen LogP) is 1.40. The van der Waals surface area contributed by atoms with Gasteiger partial charge in [0.05, 0.1) is 0 Å². The Balaban J connectivity index is 1.86. The lowest BCUT2D eigenvalue weighted by molar-refractivity contribution is 0.0476. The minimum atomic E-state index is 0.692. The SMILES string of the molecule is CC1CCCNC1CN1CC(C)N(C)C(C)C1. The minimum absolute atomic E-state index is 0.692. The summed E-state index contributed by atoms with van der Waals surface area (Å²) < 4.78 is 0. The summed E-state index contributed by atoms with van der Waals surface area (Å²) >= 11 is 0. The third-order valence-corrected chi connectivity index (χ3v) is 4.82. The molecule has 0 aromatic carbocycles. The first-order valence-corrected chi connectivity index (χ1v) is 7.25. The molecule has 2 saturated heterocycles. The molecule has 2 heterocycles. The zero-order valence-electron chi connectivity index (χ0n) is 11.9. The number of rotatable bonds is 2. The van der Waals surface area contributed by atoms with E-state index in [2.05, 4.69) is 42.9 Å². The first-order chi connectivity index (χ1) is 8.08. The van der Waals surface area contributed by atoms with Crippen molar-refractivity contribution in [2.45, 2.75) is 51.7 Å². The van der Waals surface area contributed by atoms with Crippen molar-refractivity contribution < 1.29 is 0 Å². The van der Waals surface area contributed by atoms with Crippen LogP contribution in [0.4, 0.5) is 0 Å². The maximum atomic E-state index is 3.70. The fraction of sp³-hybridized carbons (Fsp3) is 1.00. The van der Waals surface area contributed by atoms with Gasteiger partial charge in [0.2, 0.25) is 0 Å². The predicted molar refractivity (Wildman–Crippen MR) is 73.3 cm³/mol. The third kappa shape index (κ3) is 3.21. The highest BCUT2D eigenvalue weighted by molar-refractivity contribution is 4.87. The van der Waals surface area contributed by atoms with Gasteiger partial charge in [-0.15, -0.1) is 0 Å². The van der Waals surface area contributed by atoms with Crippen LogP contribution in [0.1, 0.15) is 33.6 Å². The second-order valence-corrected chi connectivity index (χ2v) is 6.26. The lowest BCUT2D eigenvalue weighted by Crippen LogP contribution is -2.58. The highest BCUT2D eigenvalue weighted by atomic mass is 15.3. The van der Waals surface area contributed by atoms with Gasteiger partial charge in [-0.05, 0) is 46.2 Å². The van der Waals surface area contributed by atoms with Gasteiger partial charge in [-0.25, -0.2) is 0 Å². The zero-order chi connectivity index (χ0) is 12.4. The molecule has 3 heteroatoms. The molecule has 4 atom stereocenters. The van der Waals surface area contributed by atoms with Crippen LogP contribution in [0.2, 0.25) is 0 Å². The number of piperidine rings is 1. The Morgan fingerprint density at radius 1 is 1.12 bits per heavy atom. The molecule has 0 spiro atoms. The Bertz CT molecular complexity index is 232. The van der Waals surface area contributed by atoms with Crippen molar-refractivity contribution in [2.24, 2.45) is 5.92 Å². The van der Waals surface area contributed by atoms with E-state index in [0.29, 0.717) is 18.1 Å². The summed E-state index contributed by atoms with van der Waals surface area (Å²) in [7, 11) is 2.26. The van der Waals surface area contributed by atoms with E-state index in [4.69, 9.17) is 0 Å². The highest BCUT2D eigenvalue weighted by Gasteiger charge is 2.29. The summed E-state index contributed by atoms with van der Waals surface area (Å²) in [6.07, 6.45) is 2.75. The summed E-state index contributed by atoms with van der Waals surface area (Å²) in [6.45, 7) is 12.0. The normalized spacial score (nSPS) is 41.6. The van der Waals surface area contributed by atoms with Crippen LogP contribution in [0.5, 0.6) is 0 Å². The van der Waals surface area contributed by atoms with E-state index in [9.17, 15) is 0 Å². The molecule has 0 radical (unpaired) electrons. The fourth-order valence-electron chi connectivity index (χ4n) is 3.30. The molecule has 4 unspecified atom stereocenters. The first-order valence-electron chi connectivity index (χ1n) is 7.25. The van der Waals surface area contributed by atoms with Crippen molar-refractivity contribution >= 4 is 0 Å². The summed E-state index contributed by atoms with van der Waals surface area (Å²) in [6, 6.07) is 2.10. The van der Waals surface area contributed by atoms with Crippen molar-refractivity contribution in [2.75, 3.05) is 33.2 Å². The molecule has 2 rings (SSSR count). The summed E-state index contributed by atoms with van der Waals surface area (Å²) in [4.78, 5) is 5.17. The van der Waals surface area contributed by atoms with Crippen molar-refractivity contribution in [1.82, 2.24) is 15.1 Å². The number of nitrogens with zero attached hydrogens (tertiary/aromatic N) is 2. The molecule has 0 aromatic heterocycles. The Hall–Kier alpha value is -0.120. The zero-order valence-corrected chi connectivity index (χ0v) is 11.9. The van der Waals surface area contributed by atoms with Gasteiger partial charge in [0.15, 0.2) is 0 Å². The van der Waals surface area contributed by atoms with E-state index in [1.54, 1.807) is 0 Å². The standard InChI is InChI=1S/C14H29N3/c1-11-6-5-7-15-14(11)10-17-8-12(2)16(4)13(3)9-17/h11-15H,5-10H2,1-4H3. The van der Waals surface area contributed by atoms with E-state index < -0.39 is 0 Å². The summed E-state index contributed by atoms with van der Waals surface area (Å²) in [5, 5.41) is 3.70. The molecular weight excluding hydrogens is 210 g/mol. The van der Waals surface area contributed by atoms with E-state index in [-0.39, 0.29) is 0 Å². The van der Waals surface area contributed by atoms with Crippen LogP contribution in [-0.2, 0) is 0 Å². The number of piperazine rings is 1. The molecule has 2 aliphatic heterocycles. The van der Waals surface area contributed by atoms with Crippen LogP contribution in [0.25, 0.3) is 0 Å². The summed E-state index contributed by atoms with van der Waals surface area (Å²) in [5.74, 6) is 0.842. The average Bonchev–Trinajstić information content (AvgIpc) is 2.29. The minimum Gasteiger partial charge on any atom is -0.312 e. The molecule has 2 aliphatic rings. The van der Waals surface area contributed by atoms with Crippen molar-refractivity contribution in [3.8, 4) is 0 Å². The molecule has 100 valence electrons. The van der Waals surface area contributed by atoms with Crippen LogP contribution in [0.15, 0.2) is 0 Å². The summed E-state index contributed by atoms with van der Waals surface area (Å²) in [5.41, 5.74) is 0. The lowest BCUT2D eigenvalue weighted by atomic mass is 9.92. The van der Waals surface area contributed by atoms with Crippen LogP contribution in [0, 0.1) is 5.92 Å². The van der Waals surface area contributed by atoms with E-state index in [1.807, 2.05) is 0 Å². The van der Waals surface area contributed by atoms with E-state index >= 15 is 0 Å². The molecule has 1 N–H and O–H groups in total. The molecule has 17 heavy (non-hydrogen) atoms. The Labute approximate surface area is 107 Å². The number of likely N-dealkylation sites (N-methyl/N-ethyl adjacent to an activating group) is 1. The number of hydrogen-bond donors (Lipinski definition) is 1. The first kappa shape index (κ1) is 13.3. The Morgan fingerprint density at radius 3 is 2.35 bits per heavy atom. The van der Waals surface area contributed by atoms with Crippen molar-refractivity contribution in [3.05, 3.63) is 0 Å². The maximum Gasteiger partial charge on any atom is 0.0220 e. The lowest BCUT2D eigenvalue weighted by Gasteiger charge is -2.44. The van der Waals surface area contributed by atoms with Gasteiger partial charge in [0.1, 0.15) is 0 Å². The molecular formula is C14H29N3. The molecule has 3 nitrogen and oxygen atoms in total. The Kier molecular flexibility index (Phi) is 4.45. The van der Waals surface area contributed by atoms with Gasteiger partial charge in [-0.2, -0.15) is 0 Å². The van der Waals surface area contributed by atoms with Gasteiger partial charge >= 0.3 is 0 Å². The van der Waals surface area contributed by atoms with Crippen LogP contribution >= 0.6 is 0 Å². The molecule has 0 amide bonds. The average molecular weight is 239 g/mol. The van der Waals surface area contributed by atoms with Gasteiger partial charge in [0, 0.05) is 37.8 Å². The smallest absolute Gasteiger partial charge is 0.0220 e. The fourth-order valence-corrected chi connectivity index (χ4v) is 3.30. The largest absolute Gasteiger partial charge is 0.312 e. The topological polar surface area (TPSA) is 18.5 Å². The molecule has 0 aromatic rings. The quantitative estimate of drug-likeness (QED) is 0.786. The van der Waals surface area contributed by atoms with Crippen LogP contribution < -0.4 is 5.32 Å². The van der Waals surface area contributed by atoms with Crippen LogP contribution in [-0.4, -0.2) is 61.2 Å². The van der Waals surface area contributed by atoms with Crippen molar-refractivity contribution in [3.63, 3.8) is 0 Å². The maximum absolute atomic E-state index is 3.70. The Morgan fingerprint density at radius 2 is 1.76 bits per heavy atom. The number of hydrogen-bond acceptors (Lipinski definition) is 3. The molecule has 2 fully saturated rings. The molecule has 0 bridgehead atoms. The number of nitrogens with one attached hydrogen (secondary N) is 1. The van der Waals surface area contributed by atoms with Gasteiger partial charge < -0.3 is 5.32 Å². The van der Waals surface area contributed by atoms with E-state index in [0.717, 1.165) is 5.92 Å². The second kappa shape index (κ2) is 5.68. The van der Waals surface area contributed by atoms with Gasteiger partial charge in [0.25, 0.3) is 0 Å². The van der Waals surface area contributed by atoms with Gasteiger partial charge in [-0.3, -0.25) is 9.80 Å². The van der Waals surface area contributed by atoms with Crippen molar-refractivity contribution in [1.29, 1.82) is 0 Å². The third-order valence-electron chi connectivity index (χ3n) is 4.82. The molecule has 0 aliphatic carbocycles. The van der Waals surface area contributed by atoms with Crippen LogP contribution in [0.3, 0.4) is 0 Å². The van der Waals surface area contributed by atoms with Gasteiger partial charge in [-0.1, -0.05) is 6.92 Å².